The zero-order valence-corrected chi connectivity index (χ0v) is 17.2. The highest BCUT2D eigenvalue weighted by molar-refractivity contribution is 5.79. The Hall–Kier alpha value is -3.41. The van der Waals surface area contributed by atoms with Gasteiger partial charge in [-0.3, -0.25) is 9.59 Å². The van der Waals surface area contributed by atoms with E-state index in [9.17, 15) is 14.0 Å². The Morgan fingerprint density at radius 3 is 2.84 bits per heavy atom. The van der Waals surface area contributed by atoms with Crippen molar-refractivity contribution in [3.05, 3.63) is 88.1 Å². The standard InChI is InChI=1S/C25H24FN3O2/c26-18-12-13-21-23(16-18)29(25(31)22-10-4-14-28(21)22)15-5-11-24(30)27-20-9-3-7-17-6-1-2-8-19(17)20/h1-2,4,6,8,10,12-14,16,20H,3,5,7,9,11,15H2,(H,27,30). The molecule has 31 heavy (non-hydrogen) atoms. The van der Waals surface area contributed by atoms with Crippen LogP contribution in [0.15, 0.2) is 65.6 Å². The van der Waals surface area contributed by atoms with Gasteiger partial charge in [0, 0.05) is 19.2 Å². The van der Waals surface area contributed by atoms with Crippen LogP contribution in [0.25, 0.3) is 16.6 Å². The van der Waals surface area contributed by atoms with Gasteiger partial charge in [-0.25, -0.2) is 4.39 Å². The molecule has 5 nitrogen and oxygen atoms in total. The molecule has 1 N–H and O–H groups in total. The monoisotopic (exact) mass is 417 g/mol. The maximum atomic E-state index is 13.9. The summed E-state index contributed by atoms with van der Waals surface area (Å²) in [5.74, 6) is -0.408. The molecule has 5 rings (SSSR count). The minimum Gasteiger partial charge on any atom is -0.349 e. The molecule has 1 atom stereocenters. The highest BCUT2D eigenvalue weighted by atomic mass is 19.1. The van der Waals surface area contributed by atoms with Crippen LogP contribution in [0.3, 0.4) is 0 Å². The van der Waals surface area contributed by atoms with Gasteiger partial charge in [0.25, 0.3) is 5.56 Å². The summed E-state index contributed by atoms with van der Waals surface area (Å²) < 4.78 is 17.3. The van der Waals surface area contributed by atoms with Crippen molar-refractivity contribution in [1.29, 1.82) is 0 Å². The van der Waals surface area contributed by atoms with Crippen molar-refractivity contribution in [1.82, 2.24) is 14.3 Å². The Kier molecular flexibility index (Phi) is 5.06. The molecule has 1 aliphatic carbocycles. The maximum Gasteiger partial charge on any atom is 0.275 e. The van der Waals surface area contributed by atoms with Gasteiger partial charge in [0.15, 0.2) is 0 Å². The van der Waals surface area contributed by atoms with E-state index in [1.807, 2.05) is 12.1 Å². The summed E-state index contributed by atoms with van der Waals surface area (Å²) in [6.07, 6.45) is 5.67. The van der Waals surface area contributed by atoms with E-state index in [-0.39, 0.29) is 23.3 Å². The normalized spacial score (nSPS) is 15.8. The highest BCUT2D eigenvalue weighted by Crippen LogP contribution is 2.29. The number of aryl methyl sites for hydroxylation is 2. The van der Waals surface area contributed by atoms with Gasteiger partial charge in [0.1, 0.15) is 11.3 Å². The topological polar surface area (TPSA) is 55.5 Å². The van der Waals surface area contributed by atoms with Gasteiger partial charge < -0.3 is 14.3 Å². The van der Waals surface area contributed by atoms with Gasteiger partial charge in [-0.2, -0.15) is 0 Å². The molecule has 0 spiro atoms. The van der Waals surface area contributed by atoms with E-state index in [2.05, 4.69) is 17.4 Å². The molecule has 2 aromatic carbocycles. The lowest BCUT2D eigenvalue weighted by molar-refractivity contribution is -0.122. The zero-order valence-electron chi connectivity index (χ0n) is 17.2. The molecule has 1 unspecified atom stereocenters. The fourth-order valence-corrected chi connectivity index (χ4v) is 4.72. The average molecular weight is 417 g/mol. The second-order valence-electron chi connectivity index (χ2n) is 8.17. The van der Waals surface area contributed by atoms with Crippen LogP contribution >= 0.6 is 0 Å². The molecule has 0 aliphatic heterocycles. The fourth-order valence-electron chi connectivity index (χ4n) is 4.72. The summed E-state index contributed by atoms with van der Waals surface area (Å²) in [5.41, 5.74) is 4.18. The lowest BCUT2D eigenvalue weighted by atomic mass is 9.87. The Bertz CT molecular complexity index is 1340. The Balaban J connectivity index is 1.33. The van der Waals surface area contributed by atoms with Crippen molar-refractivity contribution < 1.29 is 9.18 Å². The maximum absolute atomic E-state index is 13.9. The molecule has 6 heteroatoms. The zero-order chi connectivity index (χ0) is 21.4. The molecule has 0 saturated carbocycles. The number of hydrogen-bond donors (Lipinski definition) is 1. The van der Waals surface area contributed by atoms with Crippen LogP contribution in [-0.2, 0) is 17.8 Å². The lowest BCUT2D eigenvalue weighted by Crippen LogP contribution is -2.31. The van der Waals surface area contributed by atoms with Crippen LogP contribution in [0.4, 0.5) is 4.39 Å². The van der Waals surface area contributed by atoms with E-state index in [1.54, 1.807) is 33.4 Å². The molecule has 158 valence electrons. The predicted octanol–water partition coefficient (Wildman–Crippen LogP) is 4.37. The first-order valence-electron chi connectivity index (χ1n) is 10.8. The molecular weight excluding hydrogens is 393 g/mol. The van der Waals surface area contributed by atoms with Crippen LogP contribution in [-0.4, -0.2) is 14.9 Å². The van der Waals surface area contributed by atoms with Gasteiger partial charge in [0.2, 0.25) is 5.91 Å². The van der Waals surface area contributed by atoms with Crippen LogP contribution in [0.5, 0.6) is 0 Å². The van der Waals surface area contributed by atoms with Gasteiger partial charge in [-0.1, -0.05) is 24.3 Å². The van der Waals surface area contributed by atoms with E-state index >= 15 is 0 Å². The minimum absolute atomic E-state index is 0.0194. The van der Waals surface area contributed by atoms with E-state index < -0.39 is 0 Å². The van der Waals surface area contributed by atoms with E-state index in [4.69, 9.17) is 0 Å². The minimum atomic E-state index is -0.388. The largest absolute Gasteiger partial charge is 0.349 e. The Morgan fingerprint density at radius 2 is 1.94 bits per heavy atom. The summed E-state index contributed by atoms with van der Waals surface area (Å²) in [6.45, 7) is 0.356. The average Bonchev–Trinajstić information content (AvgIpc) is 3.26. The van der Waals surface area contributed by atoms with E-state index in [0.29, 0.717) is 30.4 Å². The molecule has 0 radical (unpaired) electrons. The molecule has 0 saturated heterocycles. The second-order valence-corrected chi connectivity index (χ2v) is 8.17. The number of fused-ring (bicyclic) bond motifs is 4. The van der Waals surface area contributed by atoms with Crippen LogP contribution in [0.1, 0.15) is 42.9 Å². The summed E-state index contributed by atoms with van der Waals surface area (Å²) in [6, 6.07) is 16.3. The molecule has 2 aromatic heterocycles. The number of halogens is 1. The van der Waals surface area contributed by atoms with Gasteiger partial charge in [0.05, 0.1) is 17.1 Å². The SMILES string of the molecule is O=C(CCCn1c(=O)c2cccn2c2ccc(F)cc21)NC1CCCc2ccccc21. The molecule has 0 bridgehead atoms. The first kappa shape index (κ1) is 19.5. The van der Waals surface area contributed by atoms with E-state index in [1.165, 1.54) is 23.3 Å². The number of carbonyl (C=O) groups excluding carboxylic acids is 1. The number of hydrogen-bond acceptors (Lipinski definition) is 2. The molecule has 1 aliphatic rings. The summed E-state index contributed by atoms with van der Waals surface area (Å²) in [5, 5.41) is 3.16. The number of aromatic nitrogens is 2. The van der Waals surface area contributed by atoms with Crippen molar-refractivity contribution in [3.63, 3.8) is 0 Å². The van der Waals surface area contributed by atoms with Crippen LogP contribution in [0.2, 0.25) is 0 Å². The third-order valence-corrected chi connectivity index (χ3v) is 6.19. The third-order valence-electron chi connectivity index (χ3n) is 6.19. The number of rotatable bonds is 5. The quantitative estimate of drug-likeness (QED) is 0.524. The van der Waals surface area contributed by atoms with Crippen molar-refractivity contribution >= 4 is 22.5 Å². The fraction of sp³-hybridized carbons (Fsp3) is 0.280. The summed E-state index contributed by atoms with van der Waals surface area (Å²) >= 11 is 0. The van der Waals surface area contributed by atoms with Crippen LogP contribution in [0, 0.1) is 5.82 Å². The van der Waals surface area contributed by atoms with Crippen molar-refractivity contribution in [3.8, 4) is 0 Å². The third kappa shape index (κ3) is 3.63. The molecular formula is C25H24FN3O2. The number of nitrogens with zero attached hydrogens (tertiary/aromatic N) is 2. The number of carbonyl (C=O) groups is 1. The van der Waals surface area contributed by atoms with Crippen molar-refractivity contribution in [2.24, 2.45) is 0 Å². The van der Waals surface area contributed by atoms with Gasteiger partial charge >= 0.3 is 0 Å². The summed E-state index contributed by atoms with van der Waals surface area (Å²) in [4.78, 5) is 25.6. The Labute approximate surface area is 179 Å². The van der Waals surface area contributed by atoms with Gasteiger partial charge in [-0.05, 0) is 67.1 Å². The van der Waals surface area contributed by atoms with Crippen molar-refractivity contribution in [2.45, 2.75) is 44.7 Å². The molecule has 2 heterocycles. The highest BCUT2D eigenvalue weighted by Gasteiger charge is 2.21. The number of nitrogens with one attached hydrogen (secondary N) is 1. The number of amides is 1. The first-order valence-corrected chi connectivity index (χ1v) is 10.8. The van der Waals surface area contributed by atoms with Crippen LogP contribution < -0.4 is 10.9 Å². The smallest absolute Gasteiger partial charge is 0.275 e. The molecule has 1 amide bonds. The second kappa shape index (κ2) is 8.02. The first-order chi connectivity index (χ1) is 15.1. The predicted molar refractivity (Wildman–Crippen MR) is 119 cm³/mol. The molecule has 4 aromatic rings. The summed E-state index contributed by atoms with van der Waals surface area (Å²) in [7, 11) is 0. The lowest BCUT2D eigenvalue weighted by Gasteiger charge is -2.26. The van der Waals surface area contributed by atoms with E-state index in [0.717, 1.165) is 24.8 Å². The number of benzene rings is 2. The van der Waals surface area contributed by atoms with Crippen molar-refractivity contribution in [2.75, 3.05) is 0 Å². The van der Waals surface area contributed by atoms with Gasteiger partial charge in [-0.15, -0.1) is 0 Å². The molecule has 0 fully saturated rings. The Morgan fingerprint density at radius 1 is 1.06 bits per heavy atom.